The van der Waals surface area contributed by atoms with Crippen molar-refractivity contribution in [3.05, 3.63) is 99.1 Å². The number of nitrogens with zero attached hydrogens (tertiary/aromatic N) is 4. The van der Waals surface area contributed by atoms with Crippen LogP contribution in [0.15, 0.2) is 54.6 Å². The van der Waals surface area contributed by atoms with Gasteiger partial charge in [0.05, 0.1) is 0 Å². The van der Waals surface area contributed by atoms with Crippen LogP contribution >= 0.6 is 0 Å². The highest BCUT2D eigenvalue weighted by Gasteiger charge is 2.22. The molecule has 0 atom stereocenters. The molecule has 6 rings (SSSR count). The fourth-order valence-corrected chi connectivity index (χ4v) is 7.05. The van der Waals surface area contributed by atoms with Gasteiger partial charge in [0.2, 0.25) is 0 Å². The Morgan fingerprint density at radius 2 is 1.02 bits per heavy atom. The van der Waals surface area contributed by atoms with E-state index in [2.05, 4.69) is 95.0 Å². The van der Waals surface area contributed by atoms with Gasteiger partial charge in [0.15, 0.2) is 0 Å². The molecule has 5 heteroatoms. The molecule has 3 aromatic rings. The Balaban J connectivity index is 1.07. The first-order chi connectivity index (χ1) is 21.1. The van der Waals surface area contributed by atoms with Crippen LogP contribution in [0.5, 0.6) is 5.75 Å². The molecule has 0 unspecified atom stereocenters. The maximum atomic E-state index is 6.17. The van der Waals surface area contributed by atoms with Gasteiger partial charge in [0, 0.05) is 77.6 Å². The molecule has 3 aliphatic rings. The molecule has 5 nitrogen and oxygen atoms in total. The zero-order valence-electron chi connectivity index (χ0n) is 26.9. The van der Waals surface area contributed by atoms with Gasteiger partial charge in [-0.15, -0.1) is 0 Å². The van der Waals surface area contributed by atoms with Gasteiger partial charge in [-0.25, -0.2) is 0 Å². The standard InChI is InChI=1S/C38H52N4O/c1-4-30-7-10-33-13-15-40(26-35(33)23-30)20-17-39(18-21-41-16-14-34-11-8-31(5-2)24-36(34)27-41)19-22-42-28-37-25-32(6-3)9-12-38(37)43-29-42/h7-12,23-25H,4-6,13-22,26-29H2,1-3H3. The lowest BCUT2D eigenvalue weighted by Gasteiger charge is -2.35. The molecule has 0 aromatic heterocycles. The molecular formula is C38H52N4O. The first-order valence-electron chi connectivity index (χ1n) is 17.0. The monoisotopic (exact) mass is 580 g/mol. The number of rotatable bonds is 12. The second kappa shape index (κ2) is 14.4. The maximum absolute atomic E-state index is 6.17. The van der Waals surface area contributed by atoms with Crippen molar-refractivity contribution in [2.75, 3.05) is 59.1 Å². The second-order valence-corrected chi connectivity index (χ2v) is 12.9. The van der Waals surface area contributed by atoms with E-state index in [0.29, 0.717) is 6.73 Å². The van der Waals surface area contributed by atoms with Gasteiger partial charge in [0.25, 0.3) is 0 Å². The smallest absolute Gasteiger partial charge is 0.142 e. The SMILES string of the molecule is CCc1ccc2c(c1)CN(CCN(CCN1CCc3ccc(CC)cc3C1)CCN1COc3ccc(CC)cc3C1)CC2. The molecule has 230 valence electrons. The van der Waals surface area contributed by atoms with Gasteiger partial charge in [-0.1, -0.05) is 69.3 Å². The molecule has 0 saturated carbocycles. The Kier molecular flexibility index (Phi) is 10.1. The Bertz CT molecular complexity index is 1200. The first kappa shape index (κ1) is 30.3. The van der Waals surface area contributed by atoms with E-state index in [9.17, 15) is 0 Å². The molecular weight excluding hydrogens is 528 g/mol. The summed E-state index contributed by atoms with van der Waals surface area (Å²) in [7, 11) is 0. The second-order valence-electron chi connectivity index (χ2n) is 12.9. The summed E-state index contributed by atoms with van der Waals surface area (Å²) >= 11 is 0. The highest BCUT2D eigenvalue weighted by Crippen LogP contribution is 2.26. The van der Waals surface area contributed by atoms with Crippen LogP contribution in [0.4, 0.5) is 0 Å². The molecule has 0 amide bonds. The Morgan fingerprint density at radius 3 is 1.56 bits per heavy atom. The van der Waals surface area contributed by atoms with Crippen LogP contribution in [0.3, 0.4) is 0 Å². The summed E-state index contributed by atoms with van der Waals surface area (Å²) in [6.07, 6.45) is 5.66. The van der Waals surface area contributed by atoms with Crippen LogP contribution in [0.1, 0.15) is 65.3 Å². The molecule has 0 fully saturated rings. The van der Waals surface area contributed by atoms with E-state index in [1.54, 1.807) is 22.3 Å². The van der Waals surface area contributed by atoms with E-state index in [1.807, 2.05) is 0 Å². The summed E-state index contributed by atoms with van der Waals surface area (Å²) in [6, 6.07) is 21.0. The Morgan fingerprint density at radius 1 is 0.558 bits per heavy atom. The van der Waals surface area contributed by atoms with Crippen LogP contribution in [-0.2, 0) is 51.7 Å². The molecule has 3 heterocycles. The number of hydrogen-bond acceptors (Lipinski definition) is 5. The Hall–Kier alpha value is -2.70. The molecule has 3 aromatic carbocycles. The van der Waals surface area contributed by atoms with E-state index in [4.69, 9.17) is 4.74 Å². The third-order valence-electron chi connectivity index (χ3n) is 10.1. The number of ether oxygens (including phenoxy) is 1. The lowest BCUT2D eigenvalue weighted by molar-refractivity contribution is 0.0776. The van der Waals surface area contributed by atoms with Crippen LogP contribution in [0.25, 0.3) is 0 Å². The predicted molar refractivity (Wildman–Crippen MR) is 178 cm³/mol. The highest BCUT2D eigenvalue weighted by atomic mass is 16.5. The minimum atomic E-state index is 0.692. The van der Waals surface area contributed by atoms with Crippen molar-refractivity contribution in [3.63, 3.8) is 0 Å². The van der Waals surface area contributed by atoms with Crippen molar-refractivity contribution in [1.29, 1.82) is 0 Å². The number of aryl methyl sites for hydroxylation is 3. The number of benzene rings is 3. The lowest BCUT2D eigenvalue weighted by Crippen LogP contribution is -2.45. The van der Waals surface area contributed by atoms with E-state index >= 15 is 0 Å². The van der Waals surface area contributed by atoms with Gasteiger partial charge in [-0.2, -0.15) is 0 Å². The topological polar surface area (TPSA) is 22.2 Å². The van der Waals surface area contributed by atoms with Gasteiger partial charge >= 0.3 is 0 Å². The molecule has 0 aliphatic carbocycles. The van der Waals surface area contributed by atoms with Crippen LogP contribution < -0.4 is 4.74 Å². The molecule has 0 bridgehead atoms. The van der Waals surface area contributed by atoms with Gasteiger partial charge in [0.1, 0.15) is 12.5 Å². The van der Waals surface area contributed by atoms with Crippen molar-refractivity contribution in [3.8, 4) is 5.75 Å². The molecule has 0 spiro atoms. The average molecular weight is 581 g/mol. The van der Waals surface area contributed by atoms with Crippen molar-refractivity contribution < 1.29 is 4.74 Å². The summed E-state index contributed by atoms with van der Waals surface area (Å²) in [4.78, 5) is 10.6. The van der Waals surface area contributed by atoms with Crippen molar-refractivity contribution in [2.24, 2.45) is 0 Å². The minimum absolute atomic E-state index is 0.692. The third kappa shape index (κ3) is 7.69. The molecule has 0 saturated heterocycles. The molecule has 43 heavy (non-hydrogen) atoms. The van der Waals surface area contributed by atoms with Gasteiger partial charge in [-0.05, 0) is 77.1 Å². The van der Waals surface area contributed by atoms with Gasteiger partial charge in [-0.3, -0.25) is 19.6 Å². The number of fused-ring (bicyclic) bond motifs is 3. The quantitative estimate of drug-likeness (QED) is 0.264. The fraction of sp³-hybridized carbons (Fsp3) is 0.526. The molecule has 0 N–H and O–H groups in total. The van der Waals surface area contributed by atoms with Crippen LogP contribution in [0, 0.1) is 0 Å². The van der Waals surface area contributed by atoms with E-state index in [-0.39, 0.29) is 0 Å². The molecule has 3 aliphatic heterocycles. The Labute approximate surface area is 260 Å². The van der Waals surface area contributed by atoms with Crippen LogP contribution in [0.2, 0.25) is 0 Å². The normalized spacial score (nSPS) is 17.4. The summed E-state index contributed by atoms with van der Waals surface area (Å²) in [5.41, 5.74) is 11.9. The third-order valence-corrected chi connectivity index (χ3v) is 10.1. The first-order valence-corrected chi connectivity index (χ1v) is 17.0. The summed E-state index contributed by atoms with van der Waals surface area (Å²) < 4.78 is 6.17. The summed E-state index contributed by atoms with van der Waals surface area (Å²) in [5, 5.41) is 0. The lowest BCUT2D eigenvalue weighted by atomic mass is 9.96. The predicted octanol–water partition coefficient (Wildman–Crippen LogP) is 5.94. The van der Waals surface area contributed by atoms with Crippen molar-refractivity contribution >= 4 is 0 Å². The van der Waals surface area contributed by atoms with E-state index in [1.165, 1.54) is 48.2 Å². The molecule has 0 radical (unpaired) electrons. The van der Waals surface area contributed by atoms with Gasteiger partial charge < -0.3 is 4.74 Å². The number of hydrogen-bond donors (Lipinski definition) is 0. The van der Waals surface area contributed by atoms with Crippen LogP contribution in [-0.4, -0.2) is 78.7 Å². The van der Waals surface area contributed by atoms with E-state index < -0.39 is 0 Å². The van der Waals surface area contributed by atoms with E-state index in [0.717, 1.165) is 83.9 Å². The fourth-order valence-electron chi connectivity index (χ4n) is 7.05. The minimum Gasteiger partial charge on any atom is -0.478 e. The largest absolute Gasteiger partial charge is 0.478 e. The van der Waals surface area contributed by atoms with Crippen molar-refractivity contribution in [1.82, 2.24) is 19.6 Å². The zero-order valence-corrected chi connectivity index (χ0v) is 26.9. The average Bonchev–Trinajstić information content (AvgIpc) is 3.06. The highest BCUT2D eigenvalue weighted by molar-refractivity contribution is 5.38. The summed E-state index contributed by atoms with van der Waals surface area (Å²) in [6.45, 7) is 19.6. The maximum Gasteiger partial charge on any atom is 0.142 e. The van der Waals surface area contributed by atoms with Crippen molar-refractivity contribution in [2.45, 2.75) is 72.5 Å². The summed E-state index contributed by atoms with van der Waals surface area (Å²) in [5.74, 6) is 1.07. The zero-order chi connectivity index (χ0) is 29.6.